The van der Waals surface area contributed by atoms with Crippen LogP contribution in [0.25, 0.3) is 5.57 Å². The van der Waals surface area contributed by atoms with Crippen LogP contribution in [-0.2, 0) is 9.59 Å². The van der Waals surface area contributed by atoms with E-state index in [0.29, 0.717) is 12.1 Å². The van der Waals surface area contributed by atoms with Crippen molar-refractivity contribution in [1.29, 1.82) is 0 Å². The maximum atomic E-state index is 13.4. The molecule has 0 spiro atoms. The molecule has 0 atom stereocenters. The Labute approximate surface area is 217 Å². The molecule has 0 radical (unpaired) electrons. The smallest absolute Gasteiger partial charge is 0.258 e. The van der Waals surface area contributed by atoms with E-state index in [-0.39, 0.29) is 24.1 Å². The minimum atomic E-state index is -0.204. The van der Waals surface area contributed by atoms with Gasteiger partial charge in [-0.05, 0) is 48.2 Å². The number of nitrogens with zero attached hydrogens (tertiary/aromatic N) is 2. The monoisotopic (exact) mass is 498 g/mol. The van der Waals surface area contributed by atoms with Gasteiger partial charge in [0.1, 0.15) is 5.82 Å². The number of carbonyl (C=O) groups is 2. The molecule has 0 saturated carbocycles. The predicted octanol–water partition coefficient (Wildman–Crippen LogP) is 3.22. The summed E-state index contributed by atoms with van der Waals surface area (Å²) in [6.07, 6.45) is 1.89. The van der Waals surface area contributed by atoms with Crippen LogP contribution in [-0.4, -0.2) is 62.4 Å². The molecule has 2 saturated heterocycles. The van der Waals surface area contributed by atoms with Crippen molar-refractivity contribution in [1.82, 2.24) is 4.90 Å². The maximum Gasteiger partial charge on any atom is 0.258 e. The van der Waals surface area contributed by atoms with E-state index < -0.39 is 0 Å². The van der Waals surface area contributed by atoms with Gasteiger partial charge in [-0.3, -0.25) is 9.59 Å². The lowest BCUT2D eigenvalue weighted by molar-refractivity contribution is -0.900. The molecule has 2 fully saturated rings. The number of anilines is 1. The first kappa shape index (κ1) is 24.9. The lowest BCUT2D eigenvalue weighted by Gasteiger charge is -2.33. The van der Waals surface area contributed by atoms with Crippen LogP contribution in [0.1, 0.15) is 24.0 Å². The zero-order valence-electron chi connectivity index (χ0n) is 21.0. The van der Waals surface area contributed by atoms with Crippen LogP contribution in [0.3, 0.4) is 0 Å². The number of nitrogens with one attached hydrogen (secondary N) is 1. The SMILES string of the molecule is O=C1CN(CCCC[NH+]2CCN(c3ccc(F)cc3)CC2)C(=O)C1=C(c1ccccc1)c1ccccc1. The first-order valence-corrected chi connectivity index (χ1v) is 13.1. The molecule has 37 heavy (non-hydrogen) atoms. The molecule has 5 rings (SSSR count). The van der Waals surface area contributed by atoms with E-state index in [0.717, 1.165) is 68.0 Å². The second-order valence-electron chi connectivity index (χ2n) is 9.80. The Bertz CT molecular complexity index is 1210. The molecular weight excluding hydrogens is 465 g/mol. The molecule has 190 valence electrons. The molecule has 5 nitrogen and oxygen atoms in total. The van der Waals surface area contributed by atoms with Crippen molar-refractivity contribution in [3.05, 3.63) is 107 Å². The van der Waals surface area contributed by atoms with Gasteiger partial charge in [0.05, 0.1) is 44.8 Å². The molecule has 1 amide bonds. The number of likely N-dealkylation sites (tertiary alicyclic amines) is 1. The molecule has 0 aliphatic carbocycles. The lowest BCUT2D eigenvalue weighted by atomic mass is 9.92. The number of ketones is 1. The van der Waals surface area contributed by atoms with Gasteiger partial charge in [0, 0.05) is 17.8 Å². The first-order chi connectivity index (χ1) is 18.1. The molecule has 6 heteroatoms. The third-order valence-electron chi connectivity index (χ3n) is 7.36. The summed E-state index contributed by atoms with van der Waals surface area (Å²) in [6.45, 7) is 5.80. The summed E-state index contributed by atoms with van der Waals surface area (Å²) in [6, 6.07) is 26.1. The Kier molecular flexibility index (Phi) is 7.76. The zero-order valence-corrected chi connectivity index (χ0v) is 21.0. The van der Waals surface area contributed by atoms with Gasteiger partial charge in [-0.15, -0.1) is 0 Å². The van der Waals surface area contributed by atoms with E-state index in [2.05, 4.69) is 4.90 Å². The van der Waals surface area contributed by atoms with Gasteiger partial charge < -0.3 is 14.7 Å². The molecule has 3 aromatic rings. The Morgan fingerprint density at radius 2 is 1.38 bits per heavy atom. The summed E-state index contributed by atoms with van der Waals surface area (Å²) in [4.78, 5) is 32.1. The average Bonchev–Trinajstić information content (AvgIpc) is 3.21. The van der Waals surface area contributed by atoms with Crippen LogP contribution in [0.5, 0.6) is 0 Å². The van der Waals surface area contributed by atoms with E-state index in [4.69, 9.17) is 0 Å². The van der Waals surface area contributed by atoms with E-state index in [1.54, 1.807) is 9.80 Å². The van der Waals surface area contributed by atoms with Gasteiger partial charge >= 0.3 is 0 Å². The molecule has 2 heterocycles. The number of hydrogen-bond acceptors (Lipinski definition) is 3. The number of amides is 1. The van der Waals surface area contributed by atoms with E-state index in [1.165, 1.54) is 12.1 Å². The van der Waals surface area contributed by atoms with Gasteiger partial charge in [0.2, 0.25) is 0 Å². The number of benzene rings is 3. The van der Waals surface area contributed by atoms with Gasteiger partial charge in [-0.1, -0.05) is 60.7 Å². The Balaban J connectivity index is 1.17. The zero-order chi connectivity index (χ0) is 25.6. The summed E-state index contributed by atoms with van der Waals surface area (Å²) in [5, 5.41) is 0. The normalized spacial score (nSPS) is 16.5. The second kappa shape index (κ2) is 11.5. The van der Waals surface area contributed by atoms with Gasteiger partial charge in [-0.25, -0.2) is 4.39 Å². The number of piperazine rings is 1. The fourth-order valence-electron chi connectivity index (χ4n) is 5.35. The molecule has 2 aliphatic rings. The molecule has 0 aromatic heterocycles. The number of halogens is 1. The van der Waals surface area contributed by atoms with Crippen molar-refractivity contribution in [3.8, 4) is 0 Å². The Morgan fingerprint density at radius 3 is 1.97 bits per heavy atom. The first-order valence-electron chi connectivity index (χ1n) is 13.1. The van der Waals surface area contributed by atoms with Crippen molar-refractivity contribution in [3.63, 3.8) is 0 Å². The highest BCUT2D eigenvalue weighted by Crippen LogP contribution is 2.31. The van der Waals surface area contributed by atoms with E-state index in [1.807, 2.05) is 72.8 Å². The summed E-state index contributed by atoms with van der Waals surface area (Å²) < 4.78 is 13.2. The number of rotatable bonds is 8. The number of carbonyl (C=O) groups excluding carboxylic acids is 2. The molecular formula is C31H33FN3O2+. The predicted molar refractivity (Wildman–Crippen MR) is 144 cm³/mol. The van der Waals surface area contributed by atoms with Crippen molar-refractivity contribution in [2.75, 3.05) is 50.7 Å². The number of Topliss-reactive ketones (excluding diaryl/α,β-unsaturated/α-hetero) is 1. The second-order valence-corrected chi connectivity index (χ2v) is 9.80. The van der Waals surface area contributed by atoms with Crippen LogP contribution in [0.15, 0.2) is 90.5 Å². The number of quaternary nitrogens is 1. The van der Waals surface area contributed by atoms with E-state index >= 15 is 0 Å². The molecule has 0 unspecified atom stereocenters. The Morgan fingerprint density at radius 1 is 0.784 bits per heavy atom. The van der Waals surface area contributed by atoms with Crippen molar-refractivity contribution < 1.29 is 18.9 Å². The van der Waals surface area contributed by atoms with Crippen LogP contribution in [0, 0.1) is 5.82 Å². The van der Waals surface area contributed by atoms with E-state index in [9.17, 15) is 14.0 Å². The molecule has 3 aromatic carbocycles. The highest BCUT2D eigenvalue weighted by molar-refractivity contribution is 6.30. The molecule has 1 N–H and O–H groups in total. The summed E-state index contributed by atoms with van der Waals surface area (Å²) in [7, 11) is 0. The van der Waals surface area contributed by atoms with Crippen LogP contribution < -0.4 is 9.80 Å². The van der Waals surface area contributed by atoms with Crippen LogP contribution in [0.4, 0.5) is 10.1 Å². The van der Waals surface area contributed by atoms with Crippen LogP contribution >= 0.6 is 0 Å². The molecule has 0 bridgehead atoms. The van der Waals surface area contributed by atoms with Crippen LogP contribution in [0.2, 0.25) is 0 Å². The van der Waals surface area contributed by atoms with Crippen molar-refractivity contribution >= 4 is 23.0 Å². The average molecular weight is 499 g/mol. The number of hydrogen-bond donors (Lipinski definition) is 1. The Hall–Kier alpha value is -3.77. The topological polar surface area (TPSA) is 45.1 Å². The van der Waals surface area contributed by atoms with Gasteiger partial charge in [0.15, 0.2) is 5.78 Å². The summed E-state index contributed by atoms with van der Waals surface area (Å²) in [5.74, 6) is -0.464. The van der Waals surface area contributed by atoms with Gasteiger partial charge in [0.25, 0.3) is 5.91 Å². The largest absolute Gasteiger partial charge is 0.360 e. The quantitative estimate of drug-likeness (QED) is 0.295. The standard InChI is InChI=1S/C31H32FN3O2/c32-26-13-15-27(16-14-26)34-21-19-33(20-22-34)17-7-8-18-35-23-28(36)30(31(35)37)29(24-9-3-1-4-10-24)25-11-5-2-6-12-25/h1-6,9-16H,7-8,17-23H2/p+1. The molecule has 2 aliphatic heterocycles. The number of unbranched alkanes of at least 4 members (excludes halogenated alkanes) is 1. The minimum absolute atomic E-state index is 0.102. The van der Waals surface area contributed by atoms with Gasteiger partial charge in [-0.2, -0.15) is 0 Å². The van der Waals surface area contributed by atoms with Crippen molar-refractivity contribution in [2.45, 2.75) is 12.8 Å². The highest BCUT2D eigenvalue weighted by atomic mass is 19.1. The fourth-order valence-corrected chi connectivity index (χ4v) is 5.35. The fraction of sp³-hybridized carbons (Fsp3) is 0.290. The van der Waals surface area contributed by atoms with Crippen molar-refractivity contribution in [2.24, 2.45) is 0 Å². The third kappa shape index (κ3) is 5.81. The minimum Gasteiger partial charge on any atom is -0.360 e. The summed E-state index contributed by atoms with van der Waals surface area (Å²) >= 11 is 0. The highest BCUT2D eigenvalue weighted by Gasteiger charge is 2.36. The lowest BCUT2D eigenvalue weighted by Crippen LogP contribution is -3.14. The summed E-state index contributed by atoms with van der Waals surface area (Å²) in [5.41, 5.74) is 3.88. The maximum absolute atomic E-state index is 13.4. The third-order valence-corrected chi connectivity index (χ3v) is 7.36.